The highest BCUT2D eigenvalue weighted by molar-refractivity contribution is 7.89. The van der Waals surface area contributed by atoms with E-state index in [2.05, 4.69) is 0 Å². The highest BCUT2D eigenvalue weighted by atomic mass is 32.2. The van der Waals surface area contributed by atoms with Crippen LogP contribution in [0, 0.1) is 11.3 Å². The molecule has 6 nitrogen and oxygen atoms in total. The molecule has 0 radical (unpaired) electrons. The molecule has 2 aliphatic heterocycles. The lowest BCUT2D eigenvalue weighted by molar-refractivity contribution is -0.132. The Kier molecular flexibility index (Phi) is 5.59. The predicted octanol–water partition coefficient (Wildman–Crippen LogP) is 1.10. The van der Waals surface area contributed by atoms with Crippen LogP contribution in [0.4, 0.5) is 0 Å². The normalized spacial score (nSPS) is 21.4. The highest BCUT2D eigenvalue weighted by Gasteiger charge is 2.36. The third-order valence-corrected chi connectivity index (χ3v) is 6.72. The average molecular weight is 313 g/mol. The summed E-state index contributed by atoms with van der Waals surface area (Å²) in [5.41, 5.74) is 0. The fraction of sp³-hybridized carbons (Fsp3) is 0.857. The van der Waals surface area contributed by atoms with Crippen LogP contribution in [0.2, 0.25) is 0 Å². The molecule has 0 spiro atoms. The van der Waals surface area contributed by atoms with Crippen LogP contribution in [0.5, 0.6) is 0 Å². The number of hydrogen-bond donors (Lipinski definition) is 0. The molecule has 118 valence electrons. The van der Waals surface area contributed by atoms with Crippen molar-refractivity contribution in [2.24, 2.45) is 0 Å². The van der Waals surface area contributed by atoms with E-state index in [1.54, 1.807) is 9.21 Å². The lowest BCUT2D eigenvalue weighted by atomic mass is 10.1. The standard InChI is InChI=1S/C14H23N3O3S/c15-8-2-1-5-14(18)16-11-6-13(7-12-16)21(19,20)17-9-3-4-10-17/h13H,1-7,9-12H2. The van der Waals surface area contributed by atoms with Crippen molar-refractivity contribution in [2.45, 2.75) is 50.2 Å². The number of carbonyl (C=O) groups excluding carboxylic acids is 1. The summed E-state index contributed by atoms with van der Waals surface area (Å²) in [7, 11) is -3.18. The molecule has 0 saturated carbocycles. The number of carbonyl (C=O) groups is 1. The van der Waals surface area contributed by atoms with Gasteiger partial charge >= 0.3 is 0 Å². The quantitative estimate of drug-likeness (QED) is 0.712. The summed E-state index contributed by atoms with van der Waals surface area (Å²) in [5.74, 6) is 0.0438. The SMILES string of the molecule is N#CCCCC(=O)N1CCC(S(=O)(=O)N2CCCC2)CC1. The van der Waals surface area contributed by atoms with E-state index in [-0.39, 0.29) is 11.2 Å². The van der Waals surface area contributed by atoms with Crippen molar-refractivity contribution in [3.63, 3.8) is 0 Å². The summed E-state index contributed by atoms with van der Waals surface area (Å²) in [6.07, 6.45) is 4.33. The maximum absolute atomic E-state index is 12.5. The average Bonchev–Trinajstić information content (AvgIpc) is 3.02. The number of nitrogens with zero attached hydrogens (tertiary/aromatic N) is 3. The van der Waals surface area contributed by atoms with Crippen LogP contribution in [-0.2, 0) is 14.8 Å². The number of unbranched alkanes of at least 4 members (excludes halogenated alkanes) is 1. The van der Waals surface area contributed by atoms with Gasteiger partial charge in [0.1, 0.15) is 0 Å². The largest absolute Gasteiger partial charge is 0.343 e. The van der Waals surface area contributed by atoms with Gasteiger partial charge in [-0.1, -0.05) is 0 Å². The van der Waals surface area contributed by atoms with Gasteiger partial charge in [0.25, 0.3) is 0 Å². The van der Waals surface area contributed by atoms with E-state index in [1.165, 1.54) is 0 Å². The number of likely N-dealkylation sites (tertiary alicyclic amines) is 1. The van der Waals surface area contributed by atoms with E-state index >= 15 is 0 Å². The Balaban J connectivity index is 1.82. The zero-order valence-electron chi connectivity index (χ0n) is 12.3. The zero-order chi connectivity index (χ0) is 15.3. The molecular formula is C14H23N3O3S. The molecule has 2 heterocycles. The van der Waals surface area contributed by atoms with Gasteiger partial charge in [0.15, 0.2) is 0 Å². The molecule has 2 fully saturated rings. The van der Waals surface area contributed by atoms with Gasteiger partial charge in [-0.15, -0.1) is 0 Å². The van der Waals surface area contributed by atoms with Crippen molar-refractivity contribution >= 4 is 15.9 Å². The van der Waals surface area contributed by atoms with E-state index in [0.717, 1.165) is 12.8 Å². The molecule has 0 aromatic carbocycles. The first-order chi connectivity index (χ1) is 10.1. The van der Waals surface area contributed by atoms with Crippen LogP contribution in [0.15, 0.2) is 0 Å². The number of hydrogen-bond acceptors (Lipinski definition) is 4. The maximum Gasteiger partial charge on any atom is 0.222 e. The molecule has 0 aliphatic carbocycles. The van der Waals surface area contributed by atoms with Crippen LogP contribution in [0.1, 0.15) is 44.9 Å². The van der Waals surface area contributed by atoms with Gasteiger partial charge in [0.05, 0.1) is 11.3 Å². The molecule has 7 heteroatoms. The van der Waals surface area contributed by atoms with Crippen molar-refractivity contribution in [1.29, 1.82) is 5.26 Å². The predicted molar refractivity (Wildman–Crippen MR) is 78.8 cm³/mol. The van der Waals surface area contributed by atoms with Crippen molar-refractivity contribution in [2.75, 3.05) is 26.2 Å². The van der Waals surface area contributed by atoms with Crippen molar-refractivity contribution in [1.82, 2.24) is 9.21 Å². The second kappa shape index (κ2) is 7.23. The Morgan fingerprint density at radius 1 is 1.14 bits per heavy atom. The van der Waals surface area contributed by atoms with Crippen molar-refractivity contribution < 1.29 is 13.2 Å². The van der Waals surface area contributed by atoms with Gasteiger partial charge in [-0.2, -0.15) is 5.26 Å². The molecule has 0 aromatic rings. The van der Waals surface area contributed by atoms with Crippen LogP contribution in [0.3, 0.4) is 0 Å². The molecule has 2 aliphatic rings. The summed E-state index contributed by atoms with van der Waals surface area (Å²) >= 11 is 0. The number of nitriles is 1. The Hall–Kier alpha value is -1.13. The lowest BCUT2D eigenvalue weighted by Gasteiger charge is -2.33. The number of piperidine rings is 1. The van der Waals surface area contributed by atoms with E-state index < -0.39 is 10.0 Å². The van der Waals surface area contributed by atoms with E-state index in [1.807, 2.05) is 6.07 Å². The Morgan fingerprint density at radius 2 is 1.76 bits per heavy atom. The van der Waals surface area contributed by atoms with Crippen LogP contribution >= 0.6 is 0 Å². The fourth-order valence-corrected chi connectivity index (χ4v) is 5.03. The number of amides is 1. The molecule has 0 bridgehead atoms. The molecule has 1 amide bonds. The second-order valence-corrected chi connectivity index (χ2v) is 7.96. The van der Waals surface area contributed by atoms with Crippen LogP contribution in [-0.4, -0.2) is 55.0 Å². The summed E-state index contributed by atoms with van der Waals surface area (Å²) in [5, 5.41) is 8.14. The molecule has 0 aromatic heterocycles. The van der Waals surface area contributed by atoms with Crippen molar-refractivity contribution in [3.8, 4) is 6.07 Å². The summed E-state index contributed by atoms with van der Waals surface area (Å²) < 4.78 is 26.5. The van der Waals surface area contributed by atoms with E-state index in [4.69, 9.17) is 5.26 Å². The second-order valence-electron chi connectivity index (χ2n) is 5.74. The fourth-order valence-electron chi connectivity index (χ4n) is 3.03. The van der Waals surface area contributed by atoms with Gasteiger partial charge in [-0.3, -0.25) is 4.79 Å². The smallest absolute Gasteiger partial charge is 0.222 e. The topological polar surface area (TPSA) is 81.5 Å². The molecule has 0 N–H and O–H groups in total. The third kappa shape index (κ3) is 3.95. The zero-order valence-corrected chi connectivity index (χ0v) is 13.1. The van der Waals surface area contributed by atoms with Gasteiger partial charge in [0, 0.05) is 39.0 Å². The maximum atomic E-state index is 12.5. The molecule has 0 unspecified atom stereocenters. The summed E-state index contributed by atoms with van der Waals surface area (Å²) in [6.45, 7) is 2.33. The minimum Gasteiger partial charge on any atom is -0.343 e. The molecule has 2 saturated heterocycles. The monoisotopic (exact) mass is 313 g/mol. The summed E-state index contributed by atoms with van der Waals surface area (Å²) in [6, 6.07) is 2.03. The van der Waals surface area contributed by atoms with Gasteiger partial charge in [0.2, 0.25) is 15.9 Å². The summed E-state index contributed by atoms with van der Waals surface area (Å²) in [4.78, 5) is 13.7. The molecule has 2 rings (SSSR count). The minimum absolute atomic E-state index is 0.0438. The first kappa shape index (κ1) is 16.2. The lowest BCUT2D eigenvalue weighted by Crippen LogP contribution is -2.46. The van der Waals surface area contributed by atoms with E-state index in [0.29, 0.717) is 58.3 Å². The van der Waals surface area contributed by atoms with Crippen molar-refractivity contribution in [3.05, 3.63) is 0 Å². The van der Waals surface area contributed by atoms with Gasteiger partial charge in [-0.05, 0) is 32.1 Å². The highest BCUT2D eigenvalue weighted by Crippen LogP contribution is 2.24. The van der Waals surface area contributed by atoms with Gasteiger partial charge in [-0.25, -0.2) is 12.7 Å². The number of sulfonamides is 1. The first-order valence-corrected chi connectivity index (χ1v) is 9.19. The van der Waals surface area contributed by atoms with Gasteiger partial charge < -0.3 is 4.90 Å². The Labute approximate surface area is 126 Å². The van der Waals surface area contributed by atoms with Crippen LogP contribution in [0.25, 0.3) is 0 Å². The minimum atomic E-state index is -3.18. The van der Waals surface area contributed by atoms with Crippen LogP contribution < -0.4 is 0 Å². The third-order valence-electron chi connectivity index (χ3n) is 4.32. The molecular weight excluding hydrogens is 290 g/mol. The van der Waals surface area contributed by atoms with E-state index in [9.17, 15) is 13.2 Å². The molecule has 21 heavy (non-hydrogen) atoms. The first-order valence-electron chi connectivity index (χ1n) is 7.69. The Morgan fingerprint density at radius 3 is 2.33 bits per heavy atom. The number of rotatable bonds is 5. The Bertz CT molecular complexity index is 498. The molecule has 0 atom stereocenters.